The number of rotatable bonds is 12. The first-order valence-electron chi connectivity index (χ1n) is 11.2. The first-order chi connectivity index (χ1) is 15.9. The molecular formula is C24H28Br2N2O2S3. The monoisotopic (exact) mass is 630 g/mol. The Morgan fingerprint density at radius 2 is 1.12 bits per heavy atom. The van der Waals surface area contributed by atoms with Crippen LogP contribution in [0.25, 0.3) is 19.5 Å². The molecule has 9 heteroatoms. The van der Waals surface area contributed by atoms with Gasteiger partial charge in [-0.25, -0.2) is 0 Å². The summed E-state index contributed by atoms with van der Waals surface area (Å²) < 4.78 is 1.70. The molecule has 3 heterocycles. The summed E-state index contributed by atoms with van der Waals surface area (Å²) in [6.07, 6.45) is 6.51. The van der Waals surface area contributed by atoms with Gasteiger partial charge in [0, 0.05) is 32.6 Å². The van der Waals surface area contributed by atoms with Crippen LogP contribution in [0.4, 0.5) is 0 Å². The second-order valence-corrected chi connectivity index (χ2v) is 13.5. The Bertz CT molecular complexity index is 1000. The lowest BCUT2D eigenvalue weighted by molar-refractivity contribution is 0.0944. The van der Waals surface area contributed by atoms with E-state index in [9.17, 15) is 9.59 Å². The van der Waals surface area contributed by atoms with Crippen LogP contribution in [0.5, 0.6) is 0 Å². The normalized spacial score (nSPS) is 11.0. The summed E-state index contributed by atoms with van der Waals surface area (Å²) in [4.78, 5) is 29.4. The number of thiophene rings is 3. The lowest BCUT2D eigenvalue weighted by Gasteiger charge is -2.03. The van der Waals surface area contributed by atoms with Crippen LogP contribution < -0.4 is 10.6 Å². The molecule has 0 bridgehead atoms. The van der Waals surface area contributed by atoms with Crippen molar-refractivity contribution in [1.29, 1.82) is 0 Å². The molecule has 0 radical (unpaired) electrons. The molecule has 0 atom stereocenters. The first-order valence-corrected chi connectivity index (χ1v) is 15.2. The highest BCUT2D eigenvalue weighted by Crippen LogP contribution is 2.43. The third-order valence-electron chi connectivity index (χ3n) is 5.09. The number of unbranched alkanes of at least 4 members (excludes halogenated alkanes) is 4. The van der Waals surface area contributed by atoms with Gasteiger partial charge in [-0.15, -0.1) is 34.0 Å². The highest BCUT2D eigenvalue weighted by molar-refractivity contribution is 9.11. The Labute approximate surface area is 224 Å². The number of carbonyl (C=O) groups excluding carboxylic acids is 2. The van der Waals surface area contributed by atoms with Gasteiger partial charge in [0.2, 0.25) is 0 Å². The first kappa shape index (κ1) is 26.6. The average molecular weight is 633 g/mol. The number of hydrogen-bond acceptors (Lipinski definition) is 5. The zero-order valence-corrected chi connectivity index (χ0v) is 24.4. The van der Waals surface area contributed by atoms with Crippen molar-refractivity contribution in [2.75, 3.05) is 13.1 Å². The molecule has 0 unspecified atom stereocenters. The van der Waals surface area contributed by atoms with Gasteiger partial charge in [-0.2, -0.15) is 0 Å². The molecule has 3 aromatic rings. The van der Waals surface area contributed by atoms with Crippen LogP contribution in [0.15, 0.2) is 31.8 Å². The molecule has 0 aliphatic rings. The summed E-state index contributed by atoms with van der Waals surface area (Å²) in [5.41, 5.74) is 1.37. The Hall–Kier alpha value is -1.00. The predicted molar refractivity (Wildman–Crippen MR) is 150 cm³/mol. The van der Waals surface area contributed by atoms with Gasteiger partial charge in [0.25, 0.3) is 11.8 Å². The minimum atomic E-state index is -0.0333. The van der Waals surface area contributed by atoms with Crippen molar-refractivity contribution in [2.45, 2.75) is 52.4 Å². The van der Waals surface area contributed by atoms with E-state index in [-0.39, 0.29) is 11.8 Å². The van der Waals surface area contributed by atoms with Gasteiger partial charge in [0.05, 0.1) is 18.7 Å². The lowest BCUT2D eigenvalue weighted by atomic mass is 10.2. The van der Waals surface area contributed by atoms with Gasteiger partial charge >= 0.3 is 0 Å². The van der Waals surface area contributed by atoms with Gasteiger partial charge in [-0.1, -0.05) is 39.5 Å². The van der Waals surface area contributed by atoms with Crippen LogP contribution in [0.1, 0.15) is 73.1 Å². The molecule has 4 nitrogen and oxygen atoms in total. The third kappa shape index (κ3) is 7.24. The number of halogens is 2. The molecule has 0 fully saturated rings. The van der Waals surface area contributed by atoms with Crippen LogP contribution in [-0.4, -0.2) is 24.9 Å². The number of hydrogen-bond donors (Lipinski definition) is 2. The van der Waals surface area contributed by atoms with Crippen LogP contribution in [0.2, 0.25) is 0 Å². The maximum Gasteiger partial charge on any atom is 0.253 e. The number of nitrogens with one attached hydrogen (secondary N) is 2. The fraction of sp³-hybridized carbons (Fsp3) is 0.417. The summed E-state index contributed by atoms with van der Waals surface area (Å²) in [7, 11) is 0. The molecule has 3 aromatic heterocycles. The number of amides is 2. The average Bonchev–Trinajstić information content (AvgIpc) is 3.52. The summed E-state index contributed by atoms with van der Waals surface area (Å²) in [5, 5.41) is 6.02. The fourth-order valence-electron chi connectivity index (χ4n) is 3.24. The standard InChI is InChI=1S/C24H28Br2N2O2S3/c1-3-5-7-11-27-23(29)15-13-19(32-21(15)25)17-9-10-18(31-17)20-14-16(22(26)33-20)24(30)28-12-8-6-4-2/h9-10,13-14H,3-8,11-12H2,1-2H3,(H,27,29)(H,28,30). The zero-order valence-electron chi connectivity index (χ0n) is 18.8. The van der Waals surface area contributed by atoms with E-state index in [2.05, 4.69) is 68.5 Å². The van der Waals surface area contributed by atoms with Crippen molar-refractivity contribution in [2.24, 2.45) is 0 Å². The number of carbonyl (C=O) groups is 2. The maximum atomic E-state index is 12.5. The molecule has 2 amide bonds. The summed E-state index contributed by atoms with van der Waals surface area (Å²) in [5.74, 6) is -0.0666. The topological polar surface area (TPSA) is 58.2 Å². The van der Waals surface area contributed by atoms with E-state index in [0.29, 0.717) is 24.2 Å². The van der Waals surface area contributed by atoms with Gasteiger partial charge in [-0.05, 0) is 69.0 Å². The molecule has 2 N–H and O–H groups in total. The molecule has 0 aromatic carbocycles. The maximum absolute atomic E-state index is 12.5. The van der Waals surface area contributed by atoms with E-state index in [1.165, 1.54) is 0 Å². The van der Waals surface area contributed by atoms with Crippen molar-refractivity contribution in [1.82, 2.24) is 10.6 Å². The molecule has 3 rings (SSSR count). The minimum absolute atomic E-state index is 0.0333. The van der Waals surface area contributed by atoms with Gasteiger partial charge in [0.15, 0.2) is 0 Å². The Morgan fingerprint density at radius 3 is 1.52 bits per heavy atom. The molecule has 0 saturated heterocycles. The highest BCUT2D eigenvalue weighted by Gasteiger charge is 2.19. The largest absolute Gasteiger partial charge is 0.352 e. The van der Waals surface area contributed by atoms with Crippen LogP contribution in [0.3, 0.4) is 0 Å². The third-order valence-corrected chi connectivity index (χ3v) is 10.2. The minimum Gasteiger partial charge on any atom is -0.352 e. The second-order valence-electron chi connectivity index (χ2n) is 7.69. The quantitative estimate of drug-likeness (QED) is 0.197. The Kier molecular flexibility index (Phi) is 10.6. The second kappa shape index (κ2) is 13.2. The van der Waals surface area contributed by atoms with E-state index in [0.717, 1.165) is 65.6 Å². The molecule has 0 aliphatic carbocycles. The fourth-order valence-corrected chi connectivity index (χ4v) is 7.80. The molecular weight excluding hydrogens is 604 g/mol. The summed E-state index contributed by atoms with van der Waals surface area (Å²) >= 11 is 11.9. The van der Waals surface area contributed by atoms with Gasteiger partial charge in [-0.3, -0.25) is 9.59 Å². The molecule has 33 heavy (non-hydrogen) atoms. The lowest BCUT2D eigenvalue weighted by Crippen LogP contribution is -2.24. The summed E-state index contributed by atoms with van der Waals surface area (Å²) in [6, 6.07) is 8.08. The van der Waals surface area contributed by atoms with Crippen molar-refractivity contribution < 1.29 is 9.59 Å². The molecule has 178 valence electrons. The van der Waals surface area contributed by atoms with E-state index in [1.807, 2.05) is 12.1 Å². The van der Waals surface area contributed by atoms with E-state index in [1.54, 1.807) is 34.0 Å². The Balaban J connectivity index is 1.69. The molecule has 0 aliphatic heterocycles. The smallest absolute Gasteiger partial charge is 0.253 e. The SMILES string of the molecule is CCCCCNC(=O)c1cc(-c2ccc(-c3cc(C(=O)NCCCCC)c(Br)s3)s2)sc1Br. The van der Waals surface area contributed by atoms with Crippen molar-refractivity contribution >= 4 is 77.7 Å². The van der Waals surface area contributed by atoms with E-state index in [4.69, 9.17) is 0 Å². The van der Waals surface area contributed by atoms with Gasteiger partial charge in [0.1, 0.15) is 0 Å². The van der Waals surface area contributed by atoms with Crippen LogP contribution in [-0.2, 0) is 0 Å². The summed E-state index contributed by atoms with van der Waals surface area (Å²) in [6.45, 7) is 5.71. The highest BCUT2D eigenvalue weighted by atomic mass is 79.9. The molecule has 0 saturated carbocycles. The molecule has 0 spiro atoms. The van der Waals surface area contributed by atoms with Crippen LogP contribution in [0, 0.1) is 0 Å². The van der Waals surface area contributed by atoms with Crippen molar-refractivity contribution in [3.05, 3.63) is 43.0 Å². The van der Waals surface area contributed by atoms with Crippen molar-refractivity contribution in [3.63, 3.8) is 0 Å². The van der Waals surface area contributed by atoms with Crippen molar-refractivity contribution in [3.8, 4) is 19.5 Å². The predicted octanol–water partition coefficient (Wildman–Crippen LogP) is 8.57. The van der Waals surface area contributed by atoms with Gasteiger partial charge < -0.3 is 10.6 Å². The van der Waals surface area contributed by atoms with E-state index < -0.39 is 0 Å². The van der Waals surface area contributed by atoms with E-state index >= 15 is 0 Å². The zero-order chi connectivity index (χ0) is 23.8. The van der Waals surface area contributed by atoms with Crippen LogP contribution >= 0.6 is 65.9 Å². The Morgan fingerprint density at radius 1 is 0.697 bits per heavy atom.